The maximum Gasteiger partial charge on any atom is 0.263 e. The minimum absolute atomic E-state index is 0.0303. The first-order chi connectivity index (χ1) is 11.9. The Morgan fingerprint density at radius 3 is 2.56 bits per heavy atom. The zero-order chi connectivity index (χ0) is 18.4. The fourth-order valence-corrected chi connectivity index (χ4v) is 3.38. The van der Waals surface area contributed by atoms with E-state index in [1.54, 1.807) is 24.5 Å². The molecule has 1 aromatic carbocycles. The number of hydrogen-bond donors (Lipinski definition) is 2. The van der Waals surface area contributed by atoms with E-state index in [4.69, 9.17) is 5.73 Å². The summed E-state index contributed by atoms with van der Waals surface area (Å²) in [6.45, 7) is 7.45. The third-order valence-electron chi connectivity index (χ3n) is 3.68. The number of benzene rings is 1. The molecule has 0 aliphatic carbocycles. The highest BCUT2D eigenvalue weighted by Gasteiger charge is 2.15. The number of nitrogens with zero attached hydrogens (tertiary/aromatic N) is 1. The lowest BCUT2D eigenvalue weighted by atomic mass is 9.98. The van der Waals surface area contributed by atoms with Crippen LogP contribution in [0, 0.1) is 13.8 Å². The fourth-order valence-electron chi connectivity index (χ4n) is 2.39. The van der Waals surface area contributed by atoms with Crippen molar-refractivity contribution in [1.82, 2.24) is 4.98 Å². The van der Waals surface area contributed by atoms with Crippen LogP contribution in [-0.2, 0) is 10.0 Å². The Bertz CT molecular complexity index is 945. The van der Waals surface area contributed by atoms with Gasteiger partial charge in [-0.2, -0.15) is 0 Å². The van der Waals surface area contributed by atoms with E-state index in [1.807, 2.05) is 26.0 Å². The molecule has 0 radical (unpaired) electrons. The number of pyridine rings is 1. The lowest BCUT2D eigenvalue weighted by Gasteiger charge is -2.13. The molecule has 0 unspecified atom stereocenters. The molecule has 1 heterocycles. The van der Waals surface area contributed by atoms with Crippen LogP contribution in [0.1, 0.15) is 11.1 Å². The topological polar surface area (TPSA) is 85.1 Å². The Labute approximate surface area is 148 Å². The predicted octanol–water partition coefficient (Wildman–Crippen LogP) is 3.65. The molecule has 5 nitrogen and oxygen atoms in total. The van der Waals surface area contributed by atoms with Crippen LogP contribution < -0.4 is 10.5 Å². The zero-order valence-corrected chi connectivity index (χ0v) is 15.0. The quantitative estimate of drug-likeness (QED) is 0.775. The molecule has 3 N–H and O–H groups in total. The molecule has 2 aromatic rings. The van der Waals surface area contributed by atoms with Crippen LogP contribution in [0.15, 0.2) is 72.6 Å². The Hall–Kier alpha value is -2.86. The van der Waals surface area contributed by atoms with Gasteiger partial charge in [0.05, 0.1) is 0 Å². The highest BCUT2D eigenvalue weighted by molar-refractivity contribution is 7.96. The summed E-state index contributed by atoms with van der Waals surface area (Å²) in [6, 6.07) is 7.32. The van der Waals surface area contributed by atoms with E-state index in [-0.39, 0.29) is 4.91 Å². The molecular weight excluding hydrogens is 334 g/mol. The van der Waals surface area contributed by atoms with Crippen molar-refractivity contribution in [3.8, 4) is 11.1 Å². The predicted molar refractivity (Wildman–Crippen MR) is 103 cm³/mol. The van der Waals surface area contributed by atoms with E-state index in [9.17, 15) is 8.42 Å². The van der Waals surface area contributed by atoms with E-state index < -0.39 is 10.0 Å². The average molecular weight is 355 g/mol. The standard InChI is InChI=1S/C19H21N3O2S/c1-4-5-6-17(12-20)25(23,24)22-16-7-8-18(15(3)11-16)19-13-21-10-9-14(19)2/h4-13,22H,1,20H2,2-3H3/b6-5-,17-12+. The van der Waals surface area contributed by atoms with Gasteiger partial charge in [0.2, 0.25) is 0 Å². The lowest BCUT2D eigenvalue weighted by molar-refractivity contribution is 0.607. The van der Waals surface area contributed by atoms with Gasteiger partial charge < -0.3 is 5.73 Å². The molecule has 0 aliphatic rings. The van der Waals surface area contributed by atoms with Gasteiger partial charge in [-0.3, -0.25) is 9.71 Å². The second-order valence-corrected chi connectivity index (χ2v) is 7.17. The molecule has 6 heteroatoms. The van der Waals surface area contributed by atoms with Gasteiger partial charge in [0.1, 0.15) is 4.91 Å². The summed E-state index contributed by atoms with van der Waals surface area (Å²) in [4.78, 5) is 4.13. The van der Waals surface area contributed by atoms with E-state index in [0.717, 1.165) is 28.5 Å². The van der Waals surface area contributed by atoms with Gasteiger partial charge in [-0.05, 0) is 54.8 Å². The summed E-state index contributed by atoms with van der Waals surface area (Å²) in [5.74, 6) is 0. The molecule has 0 saturated heterocycles. The number of hydrogen-bond acceptors (Lipinski definition) is 4. The average Bonchev–Trinajstić information content (AvgIpc) is 2.56. The van der Waals surface area contributed by atoms with Crippen molar-refractivity contribution in [2.45, 2.75) is 13.8 Å². The molecule has 0 amide bonds. The van der Waals surface area contributed by atoms with Crippen molar-refractivity contribution in [1.29, 1.82) is 0 Å². The third-order valence-corrected chi connectivity index (χ3v) is 5.08. The smallest absolute Gasteiger partial charge is 0.263 e. The molecule has 25 heavy (non-hydrogen) atoms. The molecule has 0 saturated carbocycles. The van der Waals surface area contributed by atoms with Crippen LogP contribution in [0.3, 0.4) is 0 Å². The van der Waals surface area contributed by atoms with Crippen LogP contribution in [-0.4, -0.2) is 13.4 Å². The summed E-state index contributed by atoms with van der Waals surface area (Å²) in [5.41, 5.74) is 9.97. The van der Waals surface area contributed by atoms with Gasteiger partial charge in [0, 0.05) is 29.8 Å². The second kappa shape index (κ2) is 7.81. The number of anilines is 1. The summed E-state index contributed by atoms with van der Waals surface area (Å²) in [5, 5.41) is 0. The highest BCUT2D eigenvalue weighted by Crippen LogP contribution is 2.28. The van der Waals surface area contributed by atoms with Crippen LogP contribution in [0.4, 0.5) is 5.69 Å². The van der Waals surface area contributed by atoms with E-state index in [0.29, 0.717) is 5.69 Å². The maximum absolute atomic E-state index is 12.4. The van der Waals surface area contributed by atoms with Crippen LogP contribution >= 0.6 is 0 Å². The maximum atomic E-state index is 12.4. The number of sulfonamides is 1. The van der Waals surface area contributed by atoms with Gasteiger partial charge in [-0.25, -0.2) is 8.42 Å². The lowest BCUT2D eigenvalue weighted by Crippen LogP contribution is -2.15. The molecule has 1 aromatic heterocycles. The second-order valence-electron chi connectivity index (χ2n) is 5.49. The molecule has 0 bridgehead atoms. The Kier molecular flexibility index (Phi) is 5.77. The van der Waals surface area contributed by atoms with Crippen molar-refractivity contribution in [2.75, 3.05) is 4.72 Å². The summed E-state index contributed by atoms with van der Waals surface area (Å²) in [7, 11) is -3.76. The summed E-state index contributed by atoms with van der Waals surface area (Å²) < 4.78 is 27.3. The van der Waals surface area contributed by atoms with Gasteiger partial charge in [-0.1, -0.05) is 24.8 Å². The number of allylic oxidation sites excluding steroid dienone is 3. The zero-order valence-electron chi connectivity index (χ0n) is 14.2. The minimum atomic E-state index is -3.76. The van der Waals surface area contributed by atoms with Crippen LogP contribution in [0.5, 0.6) is 0 Å². The van der Waals surface area contributed by atoms with Crippen molar-refractivity contribution < 1.29 is 8.42 Å². The first-order valence-electron chi connectivity index (χ1n) is 7.64. The molecular formula is C19H21N3O2S. The van der Waals surface area contributed by atoms with Crippen molar-refractivity contribution >= 4 is 15.7 Å². The minimum Gasteiger partial charge on any atom is -0.403 e. The van der Waals surface area contributed by atoms with Gasteiger partial charge >= 0.3 is 0 Å². The van der Waals surface area contributed by atoms with E-state index >= 15 is 0 Å². The molecule has 0 fully saturated rings. The highest BCUT2D eigenvalue weighted by atomic mass is 32.2. The number of nitrogens with one attached hydrogen (secondary N) is 1. The molecule has 0 atom stereocenters. The number of rotatable bonds is 6. The Morgan fingerprint density at radius 2 is 1.96 bits per heavy atom. The number of aryl methyl sites for hydroxylation is 2. The Balaban J connectivity index is 2.34. The number of aromatic nitrogens is 1. The summed E-state index contributed by atoms with van der Waals surface area (Å²) in [6.07, 6.45) is 8.97. The molecule has 0 aliphatic heterocycles. The van der Waals surface area contributed by atoms with Crippen molar-refractivity contribution in [3.05, 3.63) is 83.7 Å². The third kappa shape index (κ3) is 4.36. The first-order valence-corrected chi connectivity index (χ1v) is 9.13. The van der Waals surface area contributed by atoms with E-state index in [1.165, 1.54) is 18.2 Å². The Morgan fingerprint density at radius 1 is 1.20 bits per heavy atom. The van der Waals surface area contributed by atoms with Crippen LogP contribution in [0.25, 0.3) is 11.1 Å². The number of nitrogens with two attached hydrogens (primary N) is 1. The molecule has 0 spiro atoms. The van der Waals surface area contributed by atoms with Crippen molar-refractivity contribution in [2.24, 2.45) is 5.73 Å². The van der Waals surface area contributed by atoms with Gasteiger partial charge in [-0.15, -0.1) is 0 Å². The summed E-state index contributed by atoms with van der Waals surface area (Å²) >= 11 is 0. The molecule has 2 rings (SSSR count). The fraction of sp³-hybridized carbons (Fsp3) is 0.105. The van der Waals surface area contributed by atoms with Crippen LogP contribution in [0.2, 0.25) is 0 Å². The van der Waals surface area contributed by atoms with Gasteiger partial charge in [0.25, 0.3) is 10.0 Å². The van der Waals surface area contributed by atoms with Gasteiger partial charge in [0.15, 0.2) is 0 Å². The van der Waals surface area contributed by atoms with E-state index in [2.05, 4.69) is 16.3 Å². The first kappa shape index (κ1) is 18.5. The largest absolute Gasteiger partial charge is 0.403 e. The molecule has 130 valence electrons. The van der Waals surface area contributed by atoms with Crippen molar-refractivity contribution in [3.63, 3.8) is 0 Å². The normalized spacial score (nSPS) is 12.3. The monoisotopic (exact) mass is 355 g/mol. The SMILES string of the molecule is C=C/C=C\C(=C/N)S(=O)(=O)Nc1ccc(-c2cnccc2C)c(C)c1.